The van der Waals surface area contributed by atoms with Crippen LogP contribution in [-0.4, -0.2) is 39.7 Å². The number of nitrogens with zero attached hydrogens (tertiary/aromatic N) is 4. The summed E-state index contributed by atoms with van der Waals surface area (Å²) < 4.78 is 6.94. The van der Waals surface area contributed by atoms with Crippen molar-refractivity contribution in [3.63, 3.8) is 0 Å². The Bertz CT molecular complexity index is 534. The van der Waals surface area contributed by atoms with Crippen LogP contribution in [0.4, 0.5) is 5.82 Å². The van der Waals surface area contributed by atoms with E-state index in [0.29, 0.717) is 6.54 Å². The van der Waals surface area contributed by atoms with Crippen molar-refractivity contribution < 1.29 is 4.74 Å². The molecule has 6 heteroatoms. The molecule has 6 nitrogen and oxygen atoms in total. The van der Waals surface area contributed by atoms with Gasteiger partial charge in [-0.15, -0.1) is 10.2 Å². The lowest BCUT2D eigenvalue weighted by Crippen LogP contribution is -2.19. The first-order valence-corrected chi connectivity index (χ1v) is 6.24. The molecular weight excluding hydrogens is 242 g/mol. The Morgan fingerprint density at radius 1 is 1.32 bits per heavy atom. The van der Waals surface area contributed by atoms with Crippen molar-refractivity contribution in [3.05, 3.63) is 29.6 Å². The zero-order valence-corrected chi connectivity index (χ0v) is 11.7. The molecule has 1 atom stereocenters. The number of methoxy groups -OCH3 is 1. The summed E-state index contributed by atoms with van der Waals surface area (Å²) in [5.74, 6) is 1.45. The van der Waals surface area contributed by atoms with E-state index in [2.05, 4.69) is 20.6 Å². The number of ether oxygens (including phenoxy) is 1. The van der Waals surface area contributed by atoms with Crippen LogP contribution < -0.4 is 5.32 Å². The second-order valence-electron chi connectivity index (χ2n) is 4.54. The maximum Gasteiger partial charge on any atom is 0.176 e. The number of aromatic nitrogens is 4. The second kappa shape index (κ2) is 5.79. The number of rotatable bonds is 5. The van der Waals surface area contributed by atoms with Gasteiger partial charge in [0.25, 0.3) is 0 Å². The highest BCUT2D eigenvalue weighted by Crippen LogP contribution is 2.10. The van der Waals surface area contributed by atoms with Gasteiger partial charge in [0.15, 0.2) is 5.82 Å². The highest BCUT2D eigenvalue weighted by molar-refractivity contribution is 5.36. The molecule has 0 radical (unpaired) electrons. The topological polar surface area (TPSA) is 64.9 Å². The van der Waals surface area contributed by atoms with Crippen LogP contribution in [0.1, 0.15) is 18.3 Å². The number of nitrogens with one attached hydrogen (secondary N) is 1. The predicted molar refractivity (Wildman–Crippen MR) is 73.6 cm³/mol. The third-order valence-corrected chi connectivity index (χ3v) is 2.85. The summed E-state index contributed by atoms with van der Waals surface area (Å²) in [7, 11) is 1.68. The molecule has 0 saturated carbocycles. The summed E-state index contributed by atoms with van der Waals surface area (Å²) in [6.45, 7) is 6.64. The van der Waals surface area contributed by atoms with Crippen molar-refractivity contribution in [3.8, 4) is 5.82 Å². The summed E-state index contributed by atoms with van der Waals surface area (Å²) in [4.78, 5) is 0. The number of anilines is 1. The molecule has 2 aromatic rings. The fourth-order valence-corrected chi connectivity index (χ4v) is 1.72. The van der Waals surface area contributed by atoms with E-state index in [1.54, 1.807) is 11.8 Å². The SMILES string of the molecule is COC(C)CNc1ccc(-n2nc(C)cc2C)nn1. The Hall–Kier alpha value is -1.95. The lowest BCUT2D eigenvalue weighted by Gasteiger charge is -2.11. The van der Waals surface area contributed by atoms with Crippen LogP contribution in [0.5, 0.6) is 0 Å². The lowest BCUT2D eigenvalue weighted by molar-refractivity contribution is 0.128. The minimum atomic E-state index is 0.137. The summed E-state index contributed by atoms with van der Waals surface area (Å²) in [6, 6.07) is 5.79. The zero-order chi connectivity index (χ0) is 13.8. The molecule has 2 heterocycles. The zero-order valence-electron chi connectivity index (χ0n) is 11.7. The van der Waals surface area contributed by atoms with Gasteiger partial charge in [-0.2, -0.15) is 5.10 Å². The van der Waals surface area contributed by atoms with Gasteiger partial charge in [0.2, 0.25) is 0 Å². The maximum absolute atomic E-state index is 5.16. The number of hydrogen-bond acceptors (Lipinski definition) is 5. The smallest absolute Gasteiger partial charge is 0.176 e. The summed E-state index contributed by atoms with van der Waals surface area (Å²) in [5.41, 5.74) is 2.01. The number of hydrogen-bond donors (Lipinski definition) is 1. The van der Waals surface area contributed by atoms with Crippen molar-refractivity contribution in [2.24, 2.45) is 0 Å². The maximum atomic E-state index is 5.16. The third-order valence-electron chi connectivity index (χ3n) is 2.85. The monoisotopic (exact) mass is 261 g/mol. The van der Waals surface area contributed by atoms with E-state index >= 15 is 0 Å². The van der Waals surface area contributed by atoms with Gasteiger partial charge >= 0.3 is 0 Å². The average molecular weight is 261 g/mol. The molecule has 0 aromatic carbocycles. The van der Waals surface area contributed by atoms with Gasteiger partial charge < -0.3 is 10.1 Å². The summed E-state index contributed by atoms with van der Waals surface area (Å²) in [5, 5.41) is 15.8. The van der Waals surface area contributed by atoms with E-state index < -0.39 is 0 Å². The predicted octanol–water partition coefficient (Wildman–Crippen LogP) is 1.73. The molecule has 0 saturated heterocycles. The molecule has 2 aromatic heterocycles. The van der Waals surface area contributed by atoms with Gasteiger partial charge in [0.05, 0.1) is 11.8 Å². The van der Waals surface area contributed by atoms with Crippen molar-refractivity contribution >= 4 is 5.82 Å². The standard InChI is InChI=1S/C13H19N5O/c1-9-7-10(2)18(17-9)13-6-5-12(15-16-13)14-8-11(3)19-4/h5-7,11H,8H2,1-4H3,(H,14,15). The van der Waals surface area contributed by atoms with E-state index in [0.717, 1.165) is 23.0 Å². The molecule has 2 rings (SSSR count). The van der Waals surface area contributed by atoms with Gasteiger partial charge in [-0.3, -0.25) is 0 Å². The molecule has 0 aliphatic carbocycles. The fraction of sp³-hybridized carbons (Fsp3) is 0.462. The average Bonchev–Trinajstić information content (AvgIpc) is 2.75. The quantitative estimate of drug-likeness (QED) is 0.888. The Morgan fingerprint density at radius 3 is 2.63 bits per heavy atom. The molecule has 0 spiro atoms. The van der Waals surface area contributed by atoms with Gasteiger partial charge in [-0.05, 0) is 39.0 Å². The Labute approximate surface area is 112 Å². The van der Waals surface area contributed by atoms with Crippen molar-refractivity contribution in [2.75, 3.05) is 19.0 Å². The molecule has 0 aliphatic rings. The summed E-state index contributed by atoms with van der Waals surface area (Å²) >= 11 is 0. The van der Waals surface area contributed by atoms with Crippen molar-refractivity contribution in [1.82, 2.24) is 20.0 Å². The third kappa shape index (κ3) is 3.29. The van der Waals surface area contributed by atoms with Crippen LogP contribution in [-0.2, 0) is 4.74 Å². The first-order valence-electron chi connectivity index (χ1n) is 6.24. The van der Waals surface area contributed by atoms with Gasteiger partial charge in [0.1, 0.15) is 5.82 Å². The fourth-order valence-electron chi connectivity index (χ4n) is 1.72. The number of aryl methyl sites for hydroxylation is 2. The second-order valence-corrected chi connectivity index (χ2v) is 4.54. The molecule has 1 unspecified atom stereocenters. The largest absolute Gasteiger partial charge is 0.380 e. The van der Waals surface area contributed by atoms with Crippen LogP contribution in [0.25, 0.3) is 5.82 Å². The van der Waals surface area contributed by atoms with E-state index in [4.69, 9.17) is 4.74 Å². The Balaban J connectivity index is 2.08. The van der Waals surface area contributed by atoms with Crippen LogP contribution in [0.15, 0.2) is 18.2 Å². The normalized spacial score (nSPS) is 12.4. The van der Waals surface area contributed by atoms with Crippen molar-refractivity contribution in [1.29, 1.82) is 0 Å². The molecule has 19 heavy (non-hydrogen) atoms. The molecule has 0 fully saturated rings. The van der Waals surface area contributed by atoms with Crippen LogP contribution in [0.2, 0.25) is 0 Å². The highest BCUT2D eigenvalue weighted by atomic mass is 16.5. The van der Waals surface area contributed by atoms with E-state index in [1.165, 1.54) is 0 Å². The Morgan fingerprint density at radius 2 is 2.11 bits per heavy atom. The lowest BCUT2D eigenvalue weighted by atomic mass is 10.4. The molecule has 0 aliphatic heterocycles. The molecule has 102 valence electrons. The van der Waals surface area contributed by atoms with E-state index in [-0.39, 0.29) is 6.10 Å². The minimum Gasteiger partial charge on any atom is -0.380 e. The molecular formula is C13H19N5O. The van der Waals surface area contributed by atoms with E-state index in [1.807, 2.05) is 39.0 Å². The molecule has 0 bridgehead atoms. The first kappa shape index (κ1) is 13.5. The van der Waals surface area contributed by atoms with E-state index in [9.17, 15) is 0 Å². The minimum absolute atomic E-state index is 0.137. The van der Waals surface area contributed by atoms with Crippen LogP contribution >= 0.6 is 0 Å². The molecule has 1 N–H and O–H groups in total. The van der Waals surface area contributed by atoms with Gasteiger partial charge in [-0.1, -0.05) is 0 Å². The van der Waals surface area contributed by atoms with Gasteiger partial charge in [0, 0.05) is 19.3 Å². The van der Waals surface area contributed by atoms with Crippen molar-refractivity contribution in [2.45, 2.75) is 26.9 Å². The Kier molecular flexibility index (Phi) is 4.11. The van der Waals surface area contributed by atoms with Crippen LogP contribution in [0.3, 0.4) is 0 Å². The van der Waals surface area contributed by atoms with Crippen LogP contribution in [0, 0.1) is 13.8 Å². The molecule has 0 amide bonds. The summed E-state index contributed by atoms with van der Waals surface area (Å²) in [6.07, 6.45) is 0.137. The van der Waals surface area contributed by atoms with Gasteiger partial charge in [-0.25, -0.2) is 4.68 Å². The first-order chi connectivity index (χ1) is 9.10. The highest BCUT2D eigenvalue weighted by Gasteiger charge is 2.06.